The van der Waals surface area contributed by atoms with Crippen LogP contribution in [0.4, 0.5) is 0 Å². The van der Waals surface area contributed by atoms with E-state index in [1.54, 1.807) is 18.3 Å². The molecule has 1 aromatic carbocycles. The van der Waals surface area contributed by atoms with Gasteiger partial charge in [-0.2, -0.15) is 0 Å². The fraction of sp³-hybridized carbons (Fsp3) is 0.214. The van der Waals surface area contributed by atoms with Gasteiger partial charge in [-0.15, -0.1) is 0 Å². The van der Waals surface area contributed by atoms with E-state index in [2.05, 4.69) is 9.71 Å². The predicted octanol–water partition coefficient (Wildman–Crippen LogP) is 2.01. The van der Waals surface area contributed by atoms with Crippen LogP contribution in [0.5, 0.6) is 0 Å². The van der Waals surface area contributed by atoms with Crippen molar-refractivity contribution in [1.82, 2.24) is 9.71 Å². The first-order chi connectivity index (χ1) is 9.05. The van der Waals surface area contributed by atoms with E-state index in [9.17, 15) is 8.42 Å². The average Bonchev–Trinajstić information content (AvgIpc) is 2.40. The fourth-order valence-corrected chi connectivity index (χ4v) is 2.74. The lowest BCUT2D eigenvalue weighted by molar-refractivity contribution is 0.579. The van der Waals surface area contributed by atoms with Gasteiger partial charge in [-0.25, -0.2) is 13.1 Å². The number of nitrogens with one attached hydrogen (secondary N) is 1. The number of aryl methyl sites for hydroxylation is 1. The fourth-order valence-electron chi connectivity index (χ4n) is 1.64. The van der Waals surface area contributed by atoms with Crippen molar-refractivity contribution in [2.45, 2.75) is 19.2 Å². The first-order valence-corrected chi connectivity index (χ1v) is 7.63. The minimum Gasteiger partial charge on any atom is -0.260 e. The summed E-state index contributed by atoms with van der Waals surface area (Å²) in [4.78, 5) is 4.07. The van der Waals surface area contributed by atoms with E-state index in [-0.39, 0.29) is 12.3 Å². The maximum absolute atomic E-state index is 11.9. The van der Waals surface area contributed by atoms with Crippen LogP contribution < -0.4 is 4.72 Å². The molecule has 0 bridgehead atoms. The molecule has 0 saturated heterocycles. The second-order valence-corrected chi connectivity index (χ2v) is 6.19. The highest BCUT2D eigenvalue weighted by atomic mass is 32.2. The molecule has 19 heavy (non-hydrogen) atoms. The molecule has 0 unspecified atom stereocenters. The van der Waals surface area contributed by atoms with Gasteiger partial charge in [0.2, 0.25) is 10.0 Å². The van der Waals surface area contributed by atoms with Crippen molar-refractivity contribution < 1.29 is 8.42 Å². The highest BCUT2D eigenvalue weighted by molar-refractivity contribution is 7.88. The van der Waals surface area contributed by atoms with Gasteiger partial charge in [0.05, 0.1) is 18.0 Å². The summed E-state index contributed by atoms with van der Waals surface area (Å²) in [5.41, 5.74) is 2.59. The Morgan fingerprint density at radius 3 is 2.47 bits per heavy atom. The number of pyridine rings is 1. The third kappa shape index (κ3) is 4.46. The zero-order valence-electron chi connectivity index (χ0n) is 10.7. The minimum atomic E-state index is -3.34. The molecule has 0 aliphatic rings. The second kappa shape index (κ2) is 5.95. The van der Waals surface area contributed by atoms with E-state index >= 15 is 0 Å². The van der Waals surface area contributed by atoms with E-state index in [0.29, 0.717) is 5.69 Å². The van der Waals surface area contributed by atoms with Crippen molar-refractivity contribution in [1.29, 1.82) is 0 Å². The van der Waals surface area contributed by atoms with E-state index in [4.69, 9.17) is 0 Å². The summed E-state index contributed by atoms with van der Waals surface area (Å²) in [6.07, 6.45) is 1.64. The summed E-state index contributed by atoms with van der Waals surface area (Å²) < 4.78 is 26.4. The van der Waals surface area contributed by atoms with Crippen molar-refractivity contribution in [3.05, 3.63) is 65.5 Å². The summed E-state index contributed by atoms with van der Waals surface area (Å²) in [7, 11) is -3.34. The van der Waals surface area contributed by atoms with Crippen molar-refractivity contribution in [3.63, 3.8) is 0 Å². The third-order valence-corrected chi connectivity index (χ3v) is 3.97. The molecule has 0 aliphatic carbocycles. The highest BCUT2D eigenvalue weighted by Crippen LogP contribution is 2.07. The number of sulfonamides is 1. The van der Waals surface area contributed by atoms with Gasteiger partial charge >= 0.3 is 0 Å². The molecule has 0 spiro atoms. The molecule has 2 rings (SSSR count). The zero-order valence-corrected chi connectivity index (χ0v) is 11.5. The number of hydrogen-bond acceptors (Lipinski definition) is 3. The number of benzene rings is 1. The van der Waals surface area contributed by atoms with Crippen LogP contribution in [-0.4, -0.2) is 13.4 Å². The summed E-state index contributed by atoms with van der Waals surface area (Å²) in [5.74, 6) is -0.0138. The van der Waals surface area contributed by atoms with Crippen LogP contribution in [0, 0.1) is 6.92 Å². The molecule has 4 nitrogen and oxygen atoms in total. The van der Waals surface area contributed by atoms with Gasteiger partial charge in [-0.05, 0) is 24.6 Å². The smallest absolute Gasteiger partial charge is 0.216 e. The molecule has 0 saturated carbocycles. The molecule has 0 aliphatic heterocycles. The molecule has 100 valence electrons. The molecule has 5 heteroatoms. The standard InChI is InChI=1S/C14H16N2O2S/c1-12-5-7-13(8-6-12)11-19(17,18)16-10-14-4-2-3-9-15-14/h2-9,16H,10-11H2,1H3. The molecular formula is C14H16N2O2S. The van der Waals surface area contributed by atoms with Gasteiger partial charge in [0, 0.05) is 6.20 Å². The molecule has 1 aromatic heterocycles. The SMILES string of the molecule is Cc1ccc(CS(=O)(=O)NCc2ccccn2)cc1. The first kappa shape index (κ1) is 13.7. The van der Waals surface area contributed by atoms with Crippen LogP contribution in [0.25, 0.3) is 0 Å². The monoisotopic (exact) mass is 276 g/mol. The molecule has 0 atom stereocenters. The quantitative estimate of drug-likeness (QED) is 0.908. The topological polar surface area (TPSA) is 59.1 Å². The van der Waals surface area contributed by atoms with Crippen molar-refractivity contribution in [3.8, 4) is 0 Å². The third-order valence-electron chi connectivity index (χ3n) is 2.68. The number of aromatic nitrogens is 1. The molecule has 2 aromatic rings. The Balaban J connectivity index is 1.97. The predicted molar refractivity (Wildman–Crippen MR) is 74.9 cm³/mol. The van der Waals surface area contributed by atoms with Crippen LogP contribution in [0.2, 0.25) is 0 Å². The maximum Gasteiger partial charge on any atom is 0.216 e. The van der Waals surface area contributed by atoms with Crippen LogP contribution in [0.3, 0.4) is 0 Å². The summed E-state index contributed by atoms with van der Waals surface area (Å²) >= 11 is 0. The Morgan fingerprint density at radius 2 is 1.84 bits per heavy atom. The lowest BCUT2D eigenvalue weighted by Gasteiger charge is -2.06. The summed E-state index contributed by atoms with van der Waals surface area (Å²) in [5, 5.41) is 0. The average molecular weight is 276 g/mol. The van der Waals surface area contributed by atoms with Gasteiger partial charge < -0.3 is 0 Å². The Hall–Kier alpha value is -1.72. The van der Waals surface area contributed by atoms with Crippen LogP contribution in [-0.2, 0) is 22.3 Å². The van der Waals surface area contributed by atoms with Gasteiger partial charge in [-0.3, -0.25) is 4.98 Å². The van der Waals surface area contributed by atoms with E-state index in [1.807, 2.05) is 37.3 Å². The maximum atomic E-state index is 11.9. The molecular weight excluding hydrogens is 260 g/mol. The lowest BCUT2D eigenvalue weighted by Crippen LogP contribution is -2.25. The molecule has 0 amide bonds. The van der Waals surface area contributed by atoms with E-state index < -0.39 is 10.0 Å². The van der Waals surface area contributed by atoms with Crippen molar-refractivity contribution >= 4 is 10.0 Å². The van der Waals surface area contributed by atoms with Crippen LogP contribution in [0.15, 0.2) is 48.7 Å². The highest BCUT2D eigenvalue weighted by Gasteiger charge is 2.11. The first-order valence-electron chi connectivity index (χ1n) is 5.98. The lowest BCUT2D eigenvalue weighted by atomic mass is 10.2. The Kier molecular flexibility index (Phi) is 4.29. The van der Waals surface area contributed by atoms with Crippen molar-refractivity contribution in [2.24, 2.45) is 0 Å². The normalized spacial score (nSPS) is 11.4. The Bertz CT molecular complexity index is 622. The summed E-state index contributed by atoms with van der Waals surface area (Å²) in [6, 6.07) is 12.9. The largest absolute Gasteiger partial charge is 0.260 e. The van der Waals surface area contributed by atoms with Crippen LogP contribution in [0.1, 0.15) is 16.8 Å². The van der Waals surface area contributed by atoms with Crippen LogP contribution >= 0.6 is 0 Å². The van der Waals surface area contributed by atoms with Gasteiger partial charge in [0.25, 0.3) is 0 Å². The van der Waals surface area contributed by atoms with Gasteiger partial charge in [0.15, 0.2) is 0 Å². The summed E-state index contributed by atoms with van der Waals surface area (Å²) in [6.45, 7) is 2.19. The Labute approximate surface area is 113 Å². The number of hydrogen-bond donors (Lipinski definition) is 1. The number of nitrogens with zero attached hydrogens (tertiary/aromatic N) is 1. The van der Waals surface area contributed by atoms with E-state index in [1.165, 1.54) is 0 Å². The zero-order chi connectivity index (χ0) is 13.7. The van der Waals surface area contributed by atoms with Gasteiger partial charge in [0.1, 0.15) is 0 Å². The molecule has 1 N–H and O–H groups in total. The molecule has 1 heterocycles. The van der Waals surface area contributed by atoms with Gasteiger partial charge in [-0.1, -0.05) is 35.9 Å². The Morgan fingerprint density at radius 1 is 1.11 bits per heavy atom. The molecule has 0 fully saturated rings. The minimum absolute atomic E-state index is 0.0138. The second-order valence-electron chi connectivity index (χ2n) is 4.39. The van der Waals surface area contributed by atoms with E-state index in [0.717, 1.165) is 11.1 Å². The number of rotatable bonds is 5. The van der Waals surface area contributed by atoms with Crippen molar-refractivity contribution in [2.75, 3.05) is 0 Å². The molecule has 0 radical (unpaired) electrons.